The lowest BCUT2D eigenvalue weighted by Crippen LogP contribution is -2.09. The lowest BCUT2D eigenvalue weighted by molar-refractivity contribution is 0.0473. The van der Waals surface area contributed by atoms with Gasteiger partial charge in [-0.25, -0.2) is 9.59 Å². The topological polar surface area (TPSA) is 61.4 Å². The van der Waals surface area contributed by atoms with E-state index < -0.39 is 5.63 Å². The number of hydrogen-bond donors (Lipinski definition) is 0. The van der Waals surface area contributed by atoms with E-state index >= 15 is 0 Å². The van der Waals surface area contributed by atoms with Crippen molar-refractivity contribution in [2.24, 2.45) is 0 Å². The minimum atomic E-state index is -0.448. The summed E-state index contributed by atoms with van der Waals surface area (Å²) in [6, 6.07) is 7.03. The number of carbonyl (C=O) groups excluding carboxylic acids is 1. The van der Waals surface area contributed by atoms with E-state index in [0.29, 0.717) is 16.7 Å². The van der Waals surface area contributed by atoms with Crippen LogP contribution in [0.5, 0.6) is 0 Å². The van der Waals surface area contributed by atoms with Crippen LogP contribution in [0.1, 0.15) is 45.4 Å². The number of benzene rings is 1. The predicted octanol–water partition coefficient (Wildman–Crippen LogP) is 4.21. The van der Waals surface area contributed by atoms with Gasteiger partial charge in [-0.15, -0.1) is 0 Å². The van der Waals surface area contributed by atoms with Gasteiger partial charge in [-0.1, -0.05) is 0 Å². The van der Waals surface area contributed by atoms with Gasteiger partial charge in [0.25, 0.3) is 0 Å². The normalized spacial score (nSPS) is 11.1. The second kappa shape index (κ2) is 6.83. The molecule has 2 aromatic heterocycles. The van der Waals surface area contributed by atoms with Gasteiger partial charge in [0, 0.05) is 34.9 Å². The van der Waals surface area contributed by atoms with Gasteiger partial charge in [0.15, 0.2) is 0 Å². The van der Waals surface area contributed by atoms with E-state index in [-0.39, 0.29) is 12.6 Å². The van der Waals surface area contributed by atoms with Crippen LogP contribution in [-0.4, -0.2) is 10.5 Å². The molecule has 0 unspecified atom stereocenters. The summed E-state index contributed by atoms with van der Waals surface area (Å²) in [5, 5.41) is 0.791. The molecule has 0 N–H and O–H groups in total. The highest BCUT2D eigenvalue weighted by Gasteiger charge is 2.17. The van der Waals surface area contributed by atoms with E-state index in [9.17, 15) is 9.59 Å². The van der Waals surface area contributed by atoms with E-state index in [4.69, 9.17) is 9.15 Å². The van der Waals surface area contributed by atoms with Gasteiger partial charge >= 0.3 is 11.6 Å². The summed E-state index contributed by atoms with van der Waals surface area (Å²) < 4.78 is 12.9. The maximum atomic E-state index is 12.5. The number of fused-ring (bicyclic) bond motifs is 1. The summed E-state index contributed by atoms with van der Waals surface area (Å²) in [4.78, 5) is 24.4. The van der Waals surface area contributed by atoms with E-state index in [1.54, 1.807) is 0 Å². The van der Waals surface area contributed by atoms with Crippen LogP contribution in [0, 0.1) is 27.7 Å². The Kier molecular flexibility index (Phi) is 4.72. The van der Waals surface area contributed by atoms with Crippen molar-refractivity contribution in [2.75, 3.05) is 0 Å². The molecule has 0 aliphatic rings. The van der Waals surface area contributed by atoms with Crippen LogP contribution in [0.15, 0.2) is 33.5 Å². The molecule has 0 aliphatic heterocycles. The number of esters is 1. The lowest BCUT2D eigenvalue weighted by atomic mass is 10.0. The molecule has 0 spiro atoms. The number of hydrogen-bond acceptors (Lipinski definition) is 4. The molecule has 0 fully saturated rings. The first-order valence-corrected chi connectivity index (χ1v) is 8.69. The number of carbonyl (C=O) groups is 1. The fourth-order valence-electron chi connectivity index (χ4n) is 3.32. The Balaban J connectivity index is 1.91. The van der Waals surface area contributed by atoms with Crippen LogP contribution in [0.25, 0.3) is 11.0 Å². The zero-order valence-corrected chi connectivity index (χ0v) is 15.8. The molecule has 0 bridgehead atoms. The largest absolute Gasteiger partial charge is 0.457 e. The van der Waals surface area contributed by atoms with Crippen molar-refractivity contribution in [1.82, 2.24) is 4.57 Å². The highest BCUT2D eigenvalue weighted by atomic mass is 16.5. The zero-order valence-electron chi connectivity index (χ0n) is 15.8. The summed E-state index contributed by atoms with van der Waals surface area (Å²) in [6.07, 6.45) is 0. The van der Waals surface area contributed by atoms with Gasteiger partial charge in [0.05, 0.1) is 5.56 Å². The fraction of sp³-hybridized carbons (Fsp3) is 0.333. The van der Waals surface area contributed by atoms with Crippen LogP contribution < -0.4 is 5.63 Å². The molecule has 0 radical (unpaired) electrons. The van der Waals surface area contributed by atoms with Crippen molar-refractivity contribution >= 4 is 16.9 Å². The molecule has 26 heavy (non-hydrogen) atoms. The standard InChI is InChI=1S/C21H23NO4/c1-6-22-14(4)9-17(15(22)5)21(24)25-11-16-10-20(23)26-19-8-13(3)12(2)7-18(16)19/h7-10H,6,11H2,1-5H3. The molecule has 0 atom stereocenters. The smallest absolute Gasteiger partial charge is 0.340 e. The average molecular weight is 353 g/mol. The molecule has 2 heterocycles. The number of rotatable bonds is 4. The third-order valence-corrected chi connectivity index (χ3v) is 4.91. The minimum Gasteiger partial charge on any atom is -0.457 e. The first-order chi connectivity index (χ1) is 12.3. The molecule has 3 rings (SSSR count). The van der Waals surface area contributed by atoms with Crippen molar-refractivity contribution in [3.05, 3.63) is 68.3 Å². The molecular formula is C21H23NO4. The van der Waals surface area contributed by atoms with Gasteiger partial charge in [-0.2, -0.15) is 0 Å². The Morgan fingerprint density at radius 3 is 2.42 bits per heavy atom. The predicted molar refractivity (Wildman–Crippen MR) is 101 cm³/mol. The molecular weight excluding hydrogens is 330 g/mol. The van der Waals surface area contributed by atoms with E-state index in [1.165, 1.54) is 6.07 Å². The van der Waals surface area contributed by atoms with Crippen molar-refractivity contribution < 1.29 is 13.9 Å². The maximum Gasteiger partial charge on any atom is 0.340 e. The molecule has 1 aromatic carbocycles. The second-order valence-corrected chi connectivity index (χ2v) is 6.63. The van der Waals surface area contributed by atoms with Crippen LogP contribution in [0.4, 0.5) is 0 Å². The van der Waals surface area contributed by atoms with Crippen molar-refractivity contribution in [1.29, 1.82) is 0 Å². The van der Waals surface area contributed by atoms with Crippen LogP contribution in [0.2, 0.25) is 0 Å². The van der Waals surface area contributed by atoms with Gasteiger partial charge in [0.1, 0.15) is 12.2 Å². The van der Waals surface area contributed by atoms with Crippen LogP contribution >= 0.6 is 0 Å². The van der Waals surface area contributed by atoms with Crippen molar-refractivity contribution in [3.63, 3.8) is 0 Å². The summed E-state index contributed by atoms with van der Waals surface area (Å²) in [7, 11) is 0. The highest BCUT2D eigenvalue weighted by molar-refractivity contribution is 5.91. The fourth-order valence-corrected chi connectivity index (χ4v) is 3.32. The summed E-state index contributed by atoms with van der Waals surface area (Å²) >= 11 is 0. The highest BCUT2D eigenvalue weighted by Crippen LogP contribution is 2.23. The SMILES string of the molecule is CCn1c(C)cc(C(=O)OCc2cc(=O)oc3cc(C)c(C)cc23)c1C. The Labute approximate surface area is 152 Å². The van der Waals surface area contributed by atoms with Gasteiger partial charge in [0.2, 0.25) is 0 Å². The number of ether oxygens (including phenoxy) is 1. The minimum absolute atomic E-state index is 0.0270. The molecule has 0 aliphatic carbocycles. The monoisotopic (exact) mass is 353 g/mol. The number of aromatic nitrogens is 1. The Bertz CT molecular complexity index is 1060. The molecule has 0 saturated heterocycles. The summed E-state index contributed by atoms with van der Waals surface area (Å²) in [5.74, 6) is -0.386. The van der Waals surface area contributed by atoms with Crippen molar-refractivity contribution in [2.45, 2.75) is 47.8 Å². The van der Waals surface area contributed by atoms with Gasteiger partial charge < -0.3 is 13.7 Å². The molecule has 136 valence electrons. The number of aryl methyl sites for hydroxylation is 3. The van der Waals surface area contributed by atoms with Crippen molar-refractivity contribution in [3.8, 4) is 0 Å². The summed E-state index contributed by atoms with van der Waals surface area (Å²) in [5.41, 5.74) is 5.31. The van der Waals surface area contributed by atoms with Gasteiger partial charge in [-0.05, 0) is 63.9 Å². The van der Waals surface area contributed by atoms with Gasteiger partial charge in [-0.3, -0.25) is 0 Å². The molecule has 5 heteroatoms. The number of nitrogens with zero attached hydrogens (tertiary/aromatic N) is 1. The van der Waals surface area contributed by atoms with Crippen LogP contribution in [0.3, 0.4) is 0 Å². The maximum absolute atomic E-state index is 12.5. The zero-order chi connectivity index (χ0) is 19.0. The van der Waals surface area contributed by atoms with E-state index in [1.807, 2.05) is 52.8 Å². The Morgan fingerprint density at radius 1 is 1.08 bits per heavy atom. The van der Waals surface area contributed by atoms with E-state index in [2.05, 4.69) is 4.57 Å². The molecule has 3 aromatic rings. The first-order valence-electron chi connectivity index (χ1n) is 8.69. The quantitative estimate of drug-likeness (QED) is 0.521. The molecule has 0 saturated carbocycles. The third kappa shape index (κ3) is 3.17. The first kappa shape index (κ1) is 18.0. The van der Waals surface area contributed by atoms with E-state index in [0.717, 1.165) is 34.4 Å². The third-order valence-electron chi connectivity index (χ3n) is 4.91. The Hall–Kier alpha value is -2.82. The average Bonchev–Trinajstić information content (AvgIpc) is 2.88. The lowest BCUT2D eigenvalue weighted by Gasteiger charge is -2.09. The molecule has 5 nitrogen and oxygen atoms in total. The summed E-state index contributed by atoms with van der Waals surface area (Å²) in [6.45, 7) is 10.7. The second-order valence-electron chi connectivity index (χ2n) is 6.63. The molecule has 0 amide bonds. The van der Waals surface area contributed by atoms with Crippen LogP contribution in [-0.2, 0) is 17.9 Å². The Morgan fingerprint density at radius 2 is 1.77 bits per heavy atom.